The van der Waals surface area contributed by atoms with Gasteiger partial charge in [0, 0.05) is 31.1 Å². The van der Waals surface area contributed by atoms with Crippen LogP contribution in [0.4, 0.5) is 11.8 Å². The summed E-state index contributed by atoms with van der Waals surface area (Å²) in [6, 6.07) is 2.48. The highest BCUT2D eigenvalue weighted by Crippen LogP contribution is 2.59. The first-order chi connectivity index (χ1) is 11.2. The molecular weight excluding hydrogens is 286 g/mol. The van der Waals surface area contributed by atoms with Crippen molar-refractivity contribution >= 4 is 11.8 Å². The predicted molar refractivity (Wildman–Crippen MR) is 91.0 cm³/mol. The number of anilines is 2. The molecule has 5 fully saturated rings. The number of nitrogen functional groups attached to an aromatic ring is 1. The van der Waals surface area contributed by atoms with Crippen molar-refractivity contribution in [3.8, 4) is 0 Å². The maximum Gasteiger partial charge on any atom is 0.222 e. The van der Waals surface area contributed by atoms with Crippen molar-refractivity contribution in [2.75, 3.05) is 23.7 Å². The second-order valence-corrected chi connectivity index (χ2v) is 8.46. The Hall–Kier alpha value is -1.36. The molecule has 0 amide bonds. The first-order valence-electron chi connectivity index (χ1n) is 9.30. The van der Waals surface area contributed by atoms with Crippen molar-refractivity contribution < 1.29 is 0 Å². The van der Waals surface area contributed by atoms with Gasteiger partial charge in [0.1, 0.15) is 5.82 Å². The van der Waals surface area contributed by atoms with E-state index in [9.17, 15) is 0 Å². The van der Waals surface area contributed by atoms with E-state index < -0.39 is 0 Å². The second-order valence-electron chi connectivity index (χ2n) is 8.46. The fourth-order valence-corrected chi connectivity index (χ4v) is 6.21. The molecule has 124 valence electrons. The van der Waals surface area contributed by atoms with E-state index >= 15 is 0 Å². The van der Waals surface area contributed by atoms with Crippen LogP contribution in [0.3, 0.4) is 0 Å². The number of aromatic nitrogens is 2. The van der Waals surface area contributed by atoms with E-state index in [2.05, 4.69) is 20.9 Å². The molecule has 2 heterocycles. The summed E-state index contributed by atoms with van der Waals surface area (Å²) in [7, 11) is 0. The summed E-state index contributed by atoms with van der Waals surface area (Å²) in [4.78, 5) is 11.5. The Balaban J connectivity index is 1.47. The van der Waals surface area contributed by atoms with Crippen molar-refractivity contribution in [2.24, 2.45) is 29.4 Å². The lowest BCUT2D eigenvalue weighted by Gasteiger charge is -2.54. The topological polar surface area (TPSA) is 81.1 Å². The van der Waals surface area contributed by atoms with Crippen LogP contribution in [0.2, 0.25) is 0 Å². The molecule has 0 spiro atoms. The smallest absolute Gasteiger partial charge is 0.222 e. The second kappa shape index (κ2) is 5.07. The quantitative estimate of drug-likeness (QED) is 0.874. The standard InChI is InChI=1S/C18H27N5/c19-14-1-2-23(9-14)16-8-15(21-18(20)22-16)17-12-4-10-3-11(6-12)7-13(17)5-10/h8,10-14,17H,1-7,9,19H2,(H2,20,21,22)/t10?,11?,12?,13?,14-,17?/m1/s1. The number of nitrogens with zero attached hydrogens (tertiary/aromatic N) is 3. The molecular formula is C18H27N5. The maximum atomic E-state index is 6.07. The molecule has 1 saturated heterocycles. The van der Waals surface area contributed by atoms with Crippen LogP contribution >= 0.6 is 0 Å². The lowest BCUT2D eigenvalue weighted by atomic mass is 9.51. The summed E-state index contributed by atoms with van der Waals surface area (Å²) in [5, 5.41) is 0. The minimum Gasteiger partial charge on any atom is -0.368 e. The molecule has 5 heteroatoms. The van der Waals surface area contributed by atoms with E-state index in [1.807, 2.05) is 0 Å². The monoisotopic (exact) mass is 313 g/mol. The Morgan fingerprint density at radius 1 is 1.00 bits per heavy atom. The predicted octanol–water partition coefficient (Wildman–Crippen LogP) is 2.14. The third-order valence-electron chi connectivity index (χ3n) is 6.87. The molecule has 4 N–H and O–H groups in total. The summed E-state index contributed by atoms with van der Waals surface area (Å²) in [5.41, 5.74) is 13.3. The Bertz CT molecular complexity index is 587. The minimum atomic E-state index is 0.260. The molecule has 1 aliphatic heterocycles. The molecule has 0 aromatic carbocycles. The van der Waals surface area contributed by atoms with Crippen molar-refractivity contribution in [3.05, 3.63) is 11.8 Å². The van der Waals surface area contributed by atoms with Crippen LogP contribution in [0.15, 0.2) is 6.07 Å². The molecule has 4 saturated carbocycles. The summed E-state index contributed by atoms with van der Waals surface area (Å²) < 4.78 is 0. The average Bonchev–Trinajstić information content (AvgIpc) is 2.92. The fraction of sp³-hybridized carbons (Fsp3) is 0.778. The van der Waals surface area contributed by atoms with Crippen LogP contribution in [0.1, 0.15) is 50.1 Å². The van der Waals surface area contributed by atoms with Gasteiger partial charge in [-0.1, -0.05) is 0 Å². The number of hydrogen-bond acceptors (Lipinski definition) is 5. The van der Waals surface area contributed by atoms with Crippen LogP contribution in [0.5, 0.6) is 0 Å². The van der Waals surface area contributed by atoms with Gasteiger partial charge >= 0.3 is 0 Å². The third-order valence-corrected chi connectivity index (χ3v) is 6.87. The molecule has 6 rings (SSSR count). The van der Waals surface area contributed by atoms with E-state index in [1.165, 1.54) is 37.8 Å². The summed E-state index contributed by atoms with van der Waals surface area (Å²) in [6.45, 7) is 1.87. The zero-order chi connectivity index (χ0) is 15.6. The molecule has 0 unspecified atom stereocenters. The Kier molecular flexibility index (Phi) is 3.09. The zero-order valence-electron chi connectivity index (χ0n) is 13.7. The van der Waals surface area contributed by atoms with Gasteiger partial charge in [-0.15, -0.1) is 0 Å². The number of hydrogen-bond donors (Lipinski definition) is 2. The van der Waals surface area contributed by atoms with E-state index in [1.54, 1.807) is 0 Å². The van der Waals surface area contributed by atoms with Gasteiger partial charge in [-0.05, 0) is 62.2 Å². The summed E-state index contributed by atoms with van der Waals surface area (Å²) in [5.74, 6) is 5.68. The highest BCUT2D eigenvalue weighted by Gasteiger charge is 2.49. The van der Waals surface area contributed by atoms with Crippen LogP contribution in [0.25, 0.3) is 0 Å². The van der Waals surface area contributed by atoms with Crippen LogP contribution < -0.4 is 16.4 Å². The van der Waals surface area contributed by atoms with E-state index in [0.717, 1.165) is 49.0 Å². The van der Waals surface area contributed by atoms with Gasteiger partial charge in [0.15, 0.2) is 0 Å². The lowest BCUT2D eigenvalue weighted by molar-refractivity contribution is -0.00412. The van der Waals surface area contributed by atoms with Crippen molar-refractivity contribution in [2.45, 2.75) is 50.5 Å². The molecule has 1 aromatic rings. The Morgan fingerprint density at radius 3 is 2.30 bits per heavy atom. The summed E-state index contributed by atoms with van der Waals surface area (Å²) in [6.07, 6.45) is 8.16. The molecule has 1 aromatic heterocycles. The molecule has 5 aliphatic rings. The van der Waals surface area contributed by atoms with Crippen LogP contribution in [-0.2, 0) is 0 Å². The maximum absolute atomic E-state index is 6.07. The van der Waals surface area contributed by atoms with Gasteiger partial charge in [0.2, 0.25) is 5.95 Å². The normalized spacial score (nSPS) is 41.7. The highest BCUT2D eigenvalue weighted by molar-refractivity contribution is 5.46. The molecule has 23 heavy (non-hydrogen) atoms. The van der Waals surface area contributed by atoms with Crippen LogP contribution in [0, 0.1) is 23.7 Å². The van der Waals surface area contributed by atoms with Crippen molar-refractivity contribution in [3.63, 3.8) is 0 Å². The summed E-state index contributed by atoms with van der Waals surface area (Å²) >= 11 is 0. The van der Waals surface area contributed by atoms with E-state index in [0.29, 0.717) is 11.9 Å². The number of rotatable bonds is 2. The number of nitrogens with two attached hydrogens (primary N) is 2. The zero-order valence-corrected chi connectivity index (χ0v) is 13.7. The first-order valence-corrected chi connectivity index (χ1v) is 9.30. The SMILES string of the molecule is Nc1nc(C2C3CC4CC(C3)CC2C4)cc(N2CC[C@@H](N)C2)n1. The van der Waals surface area contributed by atoms with Crippen molar-refractivity contribution in [1.29, 1.82) is 0 Å². The van der Waals surface area contributed by atoms with Gasteiger partial charge in [-0.25, -0.2) is 4.98 Å². The molecule has 0 radical (unpaired) electrons. The average molecular weight is 313 g/mol. The molecule has 4 aliphatic carbocycles. The molecule has 1 atom stereocenters. The van der Waals surface area contributed by atoms with Gasteiger partial charge in [0.25, 0.3) is 0 Å². The molecule has 5 nitrogen and oxygen atoms in total. The highest BCUT2D eigenvalue weighted by atomic mass is 15.2. The third kappa shape index (κ3) is 2.32. The van der Waals surface area contributed by atoms with Gasteiger partial charge in [-0.3, -0.25) is 0 Å². The first kappa shape index (κ1) is 14.0. The van der Waals surface area contributed by atoms with Gasteiger partial charge in [0.05, 0.1) is 5.69 Å². The largest absolute Gasteiger partial charge is 0.368 e. The Labute approximate surface area is 137 Å². The fourth-order valence-electron chi connectivity index (χ4n) is 6.21. The van der Waals surface area contributed by atoms with E-state index in [4.69, 9.17) is 11.5 Å². The Morgan fingerprint density at radius 2 is 1.70 bits per heavy atom. The minimum absolute atomic E-state index is 0.260. The molecule has 4 bridgehead atoms. The van der Waals surface area contributed by atoms with Gasteiger partial charge < -0.3 is 16.4 Å². The van der Waals surface area contributed by atoms with Crippen LogP contribution in [-0.4, -0.2) is 29.1 Å². The van der Waals surface area contributed by atoms with Gasteiger partial charge in [-0.2, -0.15) is 4.98 Å². The van der Waals surface area contributed by atoms with E-state index in [-0.39, 0.29) is 6.04 Å². The van der Waals surface area contributed by atoms with Crippen molar-refractivity contribution in [1.82, 2.24) is 9.97 Å². The lowest BCUT2D eigenvalue weighted by Crippen LogP contribution is -2.44.